The monoisotopic (exact) mass is 232 g/mol. The van der Waals surface area contributed by atoms with Crippen LogP contribution in [0.25, 0.3) is 0 Å². The molecule has 0 radical (unpaired) electrons. The molecule has 0 aliphatic heterocycles. The maximum absolute atomic E-state index is 5.79. The third-order valence-corrected chi connectivity index (χ3v) is 4.32. The molecule has 0 saturated heterocycles. The smallest absolute Gasteiger partial charge is 0.321 e. The molecule has 0 rings (SSSR count). The van der Waals surface area contributed by atoms with E-state index in [4.69, 9.17) is 8.85 Å². The average molecular weight is 232 g/mol. The average Bonchev–Trinajstić information content (AvgIpc) is 2.27. The zero-order chi connectivity index (χ0) is 11.4. The van der Waals surface area contributed by atoms with Gasteiger partial charge in [-0.15, -0.1) is 0 Å². The molecule has 0 amide bonds. The van der Waals surface area contributed by atoms with Gasteiger partial charge in [-0.3, -0.25) is 0 Å². The largest absolute Gasteiger partial charge is 0.397 e. The summed E-state index contributed by atoms with van der Waals surface area (Å²) in [5, 5.41) is 0. The van der Waals surface area contributed by atoms with Gasteiger partial charge in [0.1, 0.15) is 0 Å². The van der Waals surface area contributed by atoms with Crippen LogP contribution in [0.1, 0.15) is 59.3 Å². The maximum Gasteiger partial charge on any atom is 0.321 e. The molecule has 0 aromatic heterocycles. The van der Waals surface area contributed by atoms with E-state index < -0.39 is 9.28 Å². The van der Waals surface area contributed by atoms with Gasteiger partial charge < -0.3 is 8.85 Å². The predicted molar refractivity (Wildman–Crippen MR) is 68.6 cm³/mol. The zero-order valence-electron chi connectivity index (χ0n) is 10.8. The van der Waals surface area contributed by atoms with E-state index in [0.717, 1.165) is 19.3 Å². The van der Waals surface area contributed by atoms with Crippen LogP contribution in [0, 0.1) is 0 Å². The molecular formula is C12H28O2Si. The van der Waals surface area contributed by atoms with Crippen molar-refractivity contribution in [2.75, 3.05) is 13.2 Å². The summed E-state index contributed by atoms with van der Waals surface area (Å²) in [6.45, 7) is 8.43. The van der Waals surface area contributed by atoms with Gasteiger partial charge in [-0.1, -0.05) is 46.5 Å². The van der Waals surface area contributed by atoms with Gasteiger partial charge in [-0.25, -0.2) is 0 Å². The molecule has 0 aliphatic rings. The number of hydrogen-bond donors (Lipinski definition) is 0. The highest BCUT2D eigenvalue weighted by Crippen LogP contribution is 2.02. The van der Waals surface area contributed by atoms with Crippen molar-refractivity contribution < 1.29 is 8.85 Å². The Balaban J connectivity index is 3.29. The van der Waals surface area contributed by atoms with Crippen LogP contribution < -0.4 is 0 Å². The van der Waals surface area contributed by atoms with Crippen LogP contribution >= 0.6 is 0 Å². The summed E-state index contributed by atoms with van der Waals surface area (Å²) in [6, 6.07) is 1.10. The highest BCUT2D eigenvalue weighted by atomic mass is 28.3. The van der Waals surface area contributed by atoms with Crippen LogP contribution in [0.3, 0.4) is 0 Å². The molecule has 0 atom stereocenters. The molecule has 0 aromatic carbocycles. The van der Waals surface area contributed by atoms with E-state index >= 15 is 0 Å². The van der Waals surface area contributed by atoms with Crippen LogP contribution in [-0.2, 0) is 8.85 Å². The lowest BCUT2D eigenvalue weighted by Crippen LogP contribution is -2.23. The Kier molecular flexibility index (Phi) is 12.3. The first-order chi connectivity index (χ1) is 7.35. The van der Waals surface area contributed by atoms with Crippen molar-refractivity contribution in [3.05, 3.63) is 0 Å². The Morgan fingerprint density at radius 1 is 0.733 bits per heavy atom. The molecule has 92 valence electrons. The summed E-state index contributed by atoms with van der Waals surface area (Å²) < 4.78 is 11.6. The third-order valence-electron chi connectivity index (χ3n) is 2.44. The lowest BCUT2D eigenvalue weighted by atomic mass is 10.3. The fourth-order valence-corrected chi connectivity index (χ4v) is 2.84. The van der Waals surface area contributed by atoms with Crippen molar-refractivity contribution in [2.45, 2.75) is 65.3 Å². The fraction of sp³-hybridized carbons (Fsp3) is 1.00. The van der Waals surface area contributed by atoms with E-state index in [9.17, 15) is 0 Å². The second-order valence-electron chi connectivity index (χ2n) is 3.99. The van der Waals surface area contributed by atoms with Gasteiger partial charge in [0, 0.05) is 13.2 Å². The van der Waals surface area contributed by atoms with Crippen LogP contribution in [-0.4, -0.2) is 22.5 Å². The van der Waals surface area contributed by atoms with Crippen molar-refractivity contribution in [3.8, 4) is 0 Å². The third kappa shape index (κ3) is 10.4. The Morgan fingerprint density at radius 2 is 1.20 bits per heavy atom. The summed E-state index contributed by atoms with van der Waals surface area (Å²) in [7, 11) is -1.30. The first-order valence-corrected chi connectivity index (χ1v) is 8.34. The van der Waals surface area contributed by atoms with Crippen LogP contribution in [0.15, 0.2) is 0 Å². The van der Waals surface area contributed by atoms with Gasteiger partial charge in [0.2, 0.25) is 0 Å². The molecule has 0 heterocycles. The maximum atomic E-state index is 5.79. The predicted octanol–water partition coefficient (Wildman–Crippen LogP) is 3.64. The Morgan fingerprint density at radius 3 is 1.53 bits per heavy atom. The van der Waals surface area contributed by atoms with Crippen molar-refractivity contribution in [1.29, 1.82) is 0 Å². The number of rotatable bonds is 11. The molecule has 0 spiro atoms. The zero-order valence-corrected chi connectivity index (χ0v) is 11.9. The first kappa shape index (κ1) is 15.1. The summed E-state index contributed by atoms with van der Waals surface area (Å²) in [5.74, 6) is 0. The van der Waals surface area contributed by atoms with E-state index in [0.29, 0.717) is 0 Å². The molecule has 0 aliphatic carbocycles. The second-order valence-corrected chi connectivity index (χ2v) is 6.34. The van der Waals surface area contributed by atoms with Gasteiger partial charge in [-0.2, -0.15) is 0 Å². The molecule has 15 heavy (non-hydrogen) atoms. The van der Waals surface area contributed by atoms with Crippen LogP contribution in [0.4, 0.5) is 0 Å². The topological polar surface area (TPSA) is 18.5 Å². The van der Waals surface area contributed by atoms with E-state index in [2.05, 4.69) is 20.8 Å². The van der Waals surface area contributed by atoms with Crippen LogP contribution in [0.5, 0.6) is 0 Å². The minimum atomic E-state index is -1.30. The standard InChI is InChI=1S/C12H28O2Si/c1-4-7-9-11-13-15(6-3)14-12-10-8-5-2/h15H,4-12H2,1-3H3. The van der Waals surface area contributed by atoms with Crippen molar-refractivity contribution >= 4 is 9.28 Å². The SMILES string of the molecule is CCCCCO[SiH](CC)OCCCCC. The van der Waals surface area contributed by atoms with E-state index in [-0.39, 0.29) is 0 Å². The molecule has 0 aromatic rings. The molecule has 3 heteroatoms. The van der Waals surface area contributed by atoms with Crippen molar-refractivity contribution in [2.24, 2.45) is 0 Å². The van der Waals surface area contributed by atoms with E-state index in [1.807, 2.05) is 0 Å². The van der Waals surface area contributed by atoms with Crippen molar-refractivity contribution in [3.63, 3.8) is 0 Å². The molecule has 0 bridgehead atoms. The van der Waals surface area contributed by atoms with E-state index in [1.54, 1.807) is 0 Å². The minimum absolute atomic E-state index is 0.909. The molecule has 0 saturated carbocycles. The molecule has 0 fully saturated rings. The Bertz CT molecular complexity index is 108. The van der Waals surface area contributed by atoms with E-state index in [1.165, 1.54) is 38.5 Å². The quantitative estimate of drug-likeness (QED) is 0.400. The molecule has 0 N–H and O–H groups in total. The normalized spacial score (nSPS) is 11.2. The first-order valence-electron chi connectivity index (χ1n) is 6.58. The van der Waals surface area contributed by atoms with Gasteiger partial charge >= 0.3 is 9.28 Å². The second kappa shape index (κ2) is 12.2. The number of unbranched alkanes of at least 4 members (excludes halogenated alkanes) is 4. The lowest BCUT2D eigenvalue weighted by Gasteiger charge is -2.14. The van der Waals surface area contributed by atoms with Gasteiger partial charge in [0.15, 0.2) is 0 Å². The fourth-order valence-electron chi connectivity index (χ4n) is 1.42. The summed E-state index contributed by atoms with van der Waals surface area (Å²) >= 11 is 0. The van der Waals surface area contributed by atoms with Gasteiger partial charge in [-0.05, 0) is 18.9 Å². The summed E-state index contributed by atoms with van der Waals surface area (Å²) in [4.78, 5) is 0. The van der Waals surface area contributed by atoms with Gasteiger partial charge in [0.05, 0.1) is 0 Å². The van der Waals surface area contributed by atoms with Crippen LogP contribution in [0.2, 0.25) is 6.04 Å². The molecular weight excluding hydrogens is 204 g/mol. The Hall–Kier alpha value is 0.137. The van der Waals surface area contributed by atoms with Gasteiger partial charge in [0.25, 0.3) is 0 Å². The lowest BCUT2D eigenvalue weighted by molar-refractivity contribution is 0.191. The molecule has 2 nitrogen and oxygen atoms in total. The Labute approximate surface area is 97.2 Å². The summed E-state index contributed by atoms with van der Waals surface area (Å²) in [6.07, 6.45) is 7.47. The molecule has 0 unspecified atom stereocenters. The van der Waals surface area contributed by atoms with Crippen molar-refractivity contribution in [1.82, 2.24) is 0 Å². The number of hydrogen-bond acceptors (Lipinski definition) is 2. The summed E-state index contributed by atoms with van der Waals surface area (Å²) in [5.41, 5.74) is 0. The minimum Gasteiger partial charge on any atom is -0.397 e. The highest BCUT2D eigenvalue weighted by Gasteiger charge is 2.09. The highest BCUT2D eigenvalue weighted by molar-refractivity contribution is 6.44.